The molecule has 1 fully saturated rings. The Labute approximate surface area is 171 Å². The van der Waals surface area contributed by atoms with E-state index in [-0.39, 0.29) is 35.3 Å². The van der Waals surface area contributed by atoms with Gasteiger partial charge in [0.1, 0.15) is 0 Å². The Morgan fingerprint density at radius 2 is 2.04 bits per heavy atom. The third kappa shape index (κ3) is 6.09. The highest BCUT2D eigenvalue weighted by molar-refractivity contribution is 14.0. The van der Waals surface area contributed by atoms with Crippen molar-refractivity contribution in [1.29, 1.82) is 0 Å². The van der Waals surface area contributed by atoms with Crippen molar-refractivity contribution in [2.45, 2.75) is 46.1 Å². The van der Waals surface area contributed by atoms with Gasteiger partial charge in [0.2, 0.25) is 5.91 Å². The van der Waals surface area contributed by atoms with Crippen LogP contribution in [0.3, 0.4) is 0 Å². The predicted molar refractivity (Wildman–Crippen MR) is 115 cm³/mol. The van der Waals surface area contributed by atoms with Gasteiger partial charge in [-0.15, -0.1) is 35.3 Å². The molecule has 1 aliphatic carbocycles. The molecule has 2 rings (SSSR count). The first-order valence-electron chi connectivity index (χ1n) is 8.62. The van der Waals surface area contributed by atoms with Gasteiger partial charge in [0.15, 0.2) is 5.96 Å². The molecule has 0 unspecified atom stereocenters. The van der Waals surface area contributed by atoms with Crippen molar-refractivity contribution in [3.8, 4) is 0 Å². The normalized spacial score (nSPS) is 16.2. The van der Waals surface area contributed by atoms with Crippen LogP contribution >= 0.6 is 35.3 Å². The molecular weight excluding hydrogens is 449 g/mol. The first-order chi connectivity index (χ1) is 11.5. The first kappa shape index (κ1) is 22.1. The Bertz CT molecular complexity index is 581. The Balaban J connectivity index is 0.00000312. The molecule has 1 heterocycles. The first-order valence-corrected chi connectivity index (χ1v) is 9.44. The number of thiazole rings is 1. The van der Waals surface area contributed by atoms with E-state index in [1.54, 1.807) is 16.2 Å². The van der Waals surface area contributed by atoms with Gasteiger partial charge in [0.25, 0.3) is 0 Å². The van der Waals surface area contributed by atoms with Gasteiger partial charge >= 0.3 is 0 Å². The number of nitrogens with one attached hydrogen (secondary N) is 2. The molecule has 6 nitrogen and oxygen atoms in total. The van der Waals surface area contributed by atoms with Crippen LogP contribution in [0.15, 0.2) is 11.2 Å². The fraction of sp³-hybridized carbons (Fsp3) is 0.706. The van der Waals surface area contributed by atoms with Crippen molar-refractivity contribution in [2.24, 2.45) is 10.4 Å². The summed E-state index contributed by atoms with van der Waals surface area (Å²) >= 11 is 1.66. The van der Waals surface area contributed by atoms with Gasteiger partial charge in [-0.1, -0.05) is 12.8 Å². The van der Waals surface area contributed by atoms with Crippen LogP contribution in [0, 0.1) is 12.3 Å². The number of halogens is 1. The summed E-state index contributed by atoms with van der Waals surface area (Å²) in [6, 6.07) is 0. The number of hydrogen-bond donors (Lipinski definition) is 2. The number of aliphatic imine (C=N–C) groups is 1. The molecule has 0 atom stereocenters. The number of amides is 1. The molecule has 0 aromatic carbocycles. The van der Waals surface area contributed by atoms with Crippen LogP contribution in [0.25, 0.3) is 0 Å². The SMILES string of the molecule is CCNC(=NCc1cnc(C)s1)NCC1(C(=O)N(C)C)CCCC1.I. The van der Waals surface area contributed by atoms with Gasteiger partial charge in [-0.3, -0.25) is 4.79 Å². The fourth-order valence-electron chi connectivity index (χ4n) is 3.22. The van der Waals surface area contributed by atoms with Crippen molar-refractivity contribution >= 4 is 47.2 Å². The Hall–Kier alpha value is -0.900. The van der Waals surface area contributed by atoms with Gasteiger partial charge in [-0.25, -0.2) is 9.98 Å². The monoisotopic (exact) mass is 479 g/mol. The highest BCUT2D eigenvalue weighted by Gasteiger charge is 2.42. The molecular formula is C17H30IN5OS. The van der Waals surface area contributed by atoms with Crippen LogP contribution in [0.2, 0.25) is 0 Å². The number of rotatable bonds is 6. The summed E-state index contributed by atoms with van der Waals surface area (Å²) in [6.45, 7) is 6.08. The zero-order valence-corrected chi connectivity index (χ0v) is 18.7. The lowest BCUT2D eigenvalue weighted by Gasteiger charge is -2.31. The lowest BCUT2D eigenvalue weighted by Crippen LogP contribution is -2.49. The molecule has 0 radical (unpaired) electrons. The van der Waals surface area contributed by atoms with Crippen LogP contribution in [-0.4, -0.2) is 48.9 Å². The highest BCUT2D eigenvalue weighted by atomic mass is 127. The smallest absolute Gasteiger partial charge is 0.230 e. The molecule has 142 valence electrons. The average Bonchev–Trinajstić information content (AvgIpc) is 3.19. The van der Waals surface area contributed by atoms with E-state index in [2.05, 4.69) is 20.6 Å². The third-order valence-corrected chi connectivity index (χ3v) is 5.32. The molecule has 1 aromatic heterocycles. The van der Waals surface area contributed by atoms with Crippen molar-refractivity contribution in [2.75, 3.05) is 27.2 Å². The Morgan fingerprint density at radius 1 is 1.36 bits per heavy atom. The number of guanidine groups is 1. The number of hydrogen-bond acceptors (Lipinski definition) is 4. The van der Waals surface area contributed by atoms with Gasteiger partial charge in [0.05, 0.1) is 17.0 Å². The maximum atomic E-state index is 12.6. The zero-order valence-electron chi connectivity index (χ0n) is 15.6. The molecule has 2 N–H and O–H groups in total. The van der Waals surface area contributed by atoms with Crippen LogP contribution in [0.4, 0.5) is 0 Å². The van der Waals surface area contributed by atoms with Gasteiger partial charge < -0.3 is 15.5 Å². The van der Waals surface area contributed by atoms with Crippen LogP contribution in [0.1, 0.15) is 42.5 Å². The number of aryl methyl sites for hydroxylation is 1. The van der Waals surface area contributed by atoms with Crippen molar-refractivity contribution in [3.05, 3.63) is 16.1 Å². The van der Waals surface area contributed by atoms with Gasteiger partial charge in [-0.2, -0.15) is 0 Å². The predicted octanol–water partition coefficient (Wildman–Crippen LogP) is 2.77. The summed E-state index contributed by atoms with van der Waals surface area (Å²) in [5.74, 6) is 0.989. The molecule has 1 aromatic rings. The molecule has 1 saturated carbocycles. The van der Waals surface area contributed by atoms with E-state index in [1.165, 1.54) is 0 Å². The lowest BCUT2D eigenvalue weighted by atomic mass is 9.84. The van der Waals surface area contributed by atoms with E-state index in [4.69, 9.17) is 0 Å². The van der Waals surface area contributed by atoms with E-state index in [0.717, 1.165) is 48.1 Å². The summed E-state index contributed by atoms with van der Waals surface area (Å²) in [6.07, 6.45) is 6.01. The maximum absolute atomic E-state index is 12.6. The van der Waals surface area contributed by atoms with Crippen molar-refractivity contribution in [1.82, 2.24) is 20.5 Å². The second kappa shape index (κ2) is 10.3. The molecule has 0 spiro atoms. The van der Waals surface area contributed by atoms with E-state index < -0.39 is 0 Å². The van der Waals surface area contributed by atoms with Crippen LogP contribution in [-0.2, 0) is 11.3 Å². The number of carbonyl (C=O) groups is 1. The van der Waals surface area contributed by atoms with E-state index in [1.807, 2.05) is 34.1 Å². The zero-order chi connectivity index (χ0) is 17.6. The largest absolute Gasteiger partial charge is 0.357 e. The van der Waals surface area contributed by atoms with Crippen LogP contribution in [0.5, 0.6) is 0 Å². The molecule has 0 saturated heterocycles. The van der Waals surface area contributed by atoms with Crippen molar-refractivity contribution < 1.29 is 4.79 Å². The minimum atomic E-state index is -0.291. The van der Waals surface area contributed by atoms with Crippen LogP contribution < -0.4 is 10.6 Å². The Kier molecular flexibility index (Phi) is 9.12. The Morgan fingerprint density at radius 3 is 2.56 bits per heavy atom. The second-order valence-corrected chi connectivity index (χ2v) is 7.90. The quantitative estimate of drug-likeness (QED) is 0.374. The molecule has 0 aliphatic heterocycles. The second-order valence-electron chi connectivity index (χ2n) is 6.58. The average molecular weight is 479 g/mol. The van der Waals surface area contributed by atoms with Gasteiger partial charge in [-0.05, 0) is 26.7 Å². The molecule has 0 bridgehead atoms. The maximum Gasteiger partial charge on any atom is 0.230 e. The molecule has 8 heteroatoms. The van der Waals surface area contributed by atoms with E-state index >= 15 is 0 Å². The third-order valence-electron chi connectivity index (χ3n) is 4.42. The summed E-state index contributed by atoms with van der Waals surface area (Å²) in [5, 5.41) is 7.71. The minimum absolute atomic E-state index is 0. The van der Waals surface area contributed by atoms with Gasteiger partial charge in [0, 0.05) is 38.3 Å². The fourth-order valence-corrected chi connectivity index (χ4v) is 3.94. The topological polar surface area (TPSA) is 69.6 Å². The van der Waals surface area contributed by atoms with E-state index in [0.29, 0.717) is 13.1 Å². The lowest BCUT2D eigenvalue weighted by molar-refractivity contribution is -0.138. The summed E-state index contributed by atoms with van der Waals surface area (Å²) < 4.78 is 0. The summed E-state index contributed by atoms with van der Waals surface area (Å²) in [4.78, 5) is 24.4. The molecule has 1 aliphatic rings. The van der Waals surface area contributed by atoms with E-state index in [9.17, 15) is 4.79 Å². The van der Waals surface area contributed by atoms with Crippen molar-refractivity contribution in [3.63, 3.8) is 0 Å². The highest BCUT2D eigenvalue weighted by Crippen LogP contribution is 2.38. The minimum Gasteiger partial charge on any atom is -0.357 e. The number of aromatic nitrogens is 1. The summed E-state index contributed by atoms with van der Waals surface area (Å²) in [5.41, 5.74) is -0.291. The standard InChI is InChI=1S/C17H29N5OS.HI/c1-5-18-16(20-11-14-10-19-13(2)24-14)21-12-17(8-6-7-9-17)15(23)22(3)4;/h10H,5-9,11-12H2,1-4H3,(H2,18,20,21);1H. The summed E-state index contributed by atoms with van der Waals surface area (Å²) in [7, 11) is 3.68. The number of carbonyl (C=O) groups excluding carboxylic acids is 1. The molecule has 1 amide bonds. The number of nitrogens with zero attached hydrogens (tertiary/aromatic N) is 3. The molecule has 25 heavy (non-hydrogen) atoms.